The van der Waals surface area contributed by atoms with Gasteiger partial charge >= 0.3 is 0 Å². The summed E-state index contributed by atoms with van der Waals surface area (Å²) in [6.07, 6.45) is 28.6. The van der Waals surface area contributed by atoms with Gasteiger partial charge in [0.05, 0.1) is 17.4 Å². The average Bonchev–Trinajstić information content (AvgIpc) is 3.80. The van der Waals surface area contributed by atoms with Crippen molar-refractivity contribution in [3.8, 4) is 0 Å². The van der Waals surface area contributed by atoms with Gasteiger partial charge < -0.3 is 23.5 Å². The topological polar surface area (TPSA) is 36.0 Å². The standard InChI is InChI=1S/C57H46BN3O2/c1-34-27-30-49-42(31-34)44-33-46-51-54(57(44)63-49)60(37-20-10-5-11-21-37)47-32-43-40-25-15-16-26-48(40)62-56(43)55-52(47)58(51)50-45(59(46)36-18-8-4-9-19-36)29-28-41(39-24-14-3-7-17-35(39)2)53(50)61(55)38-22-12-6-13-23-38/h3-10,12-13,15-16,18-20,22-30,32-35,41,53H,11,14,17,21,31H2,1-2H3. The zero-order valence-corrected chi connectivity index (χ0v) is 35.6. The first-order chi connectivity index (χ1) is 31.1. The molecule has 0 saturated carbocycles. The first-order valence-electron chi connectivity index (χ1n) is 23.0. The van der Waals surface area contributed by atoms with Crippen molar-refractivity contribution in [1.29, 1.82) is 0 Å². The number of hydrogen-bond donors (Lipinski definition) is 0. The van der Waals surface area contributed by atoms with Gasteiger partial charge in [0.1, 0.15) is 11.3 Å². The molecule has 3 aliphatic heterocycles. The van der Waals surface area contributed by atoms with E-state index in [4.69, 9.17) is 8.83 Å². The van der Waals surface area contributed by atoms with Gasteiger partial charge in [-0.15, -0.1) is 0 Å². The molecule has 2 aromatic heterocycles. The molecule has 63 heavy (non-hydrogen) atoms. The Labute approximate surface area is 368 Å². The van der Waals surface area contributed by atoms with E-state index in [1.54, 1.807) is 0 Å². The summed E-state index contributed by atoms with van der Waals surface area (Å²) in [7, 11) is 0. The molecule has 7 aromatic rings. The maximum atomic E-state index is 7.27. The van der Waals surface area contributed by atoms with Crippen LogP contribution < -0.4 is 25.6 Å². The normalized spacial score (nSPS) is 22.8. The van der Waals surface area contributed by atoms with Gasteiger partial charge in [-0.05, 0) is 121 Å². The van der Waals surface area contributed by atoms with Crippen molar-refractivity contribution in [2.45, 2.75) is 52.0 Å². The second-order valence-corrected chi connectivity index (χ2v) is 18.6. The molecule has 14 rings (SSSR count). The molecule has 5 aromatic carbocycles. The summed E-state index contributed by atoms with van der Waals surface area (Å²) in [6.45, 7) is 4.70. The van der Waals surface area contributed by atoms with Crippen molar-refractivity contribution in [3.05, 3.63) is 186 Å². The maximum absolute atomic E-state index is 7.27. The van der Waals surface area contributed by atoms with E-state index >= 15 is 0 Å². The molecule has 4 atom stereocenters. The van der Waals surface area contributed by atoms with E-state index in [0.29, 0.717) is 11.8 Å². The lowest BCUT2D eigenvalue weighted by Crippen LogP contribution is -2.66. The number of nitrogens with zero attached hydrogens (tertiary/aromatic N) is 3. The van der Waals surface area contributed by atoms with Crippen LogP contribution in [0.2, 0.25) is 0 Å². The van der Waals surface area contributed by atoms with E-state index in [1.165, 1.54) is 78.4 Å². The summed E-state index contributed by atoms with van der Waals surface area (Å²) in [4.78, 5) is 7.93. The number of rotatable bonds is 4. The Kier molecular flexibility index (Phi) is 7.53. The summed E-state index contributed by atoms with van der Waals surface area (Å²) >= 11 is 0. The number of furan rings is 2. The highest BCUT2D eigenvalue weighted by Gasteiger charge is 2.57. The van der Waals surface area contributed by atoms with Crippen LogP contribution in [0.5, 0.6) is 0 Å². The molecule has 0 bridgehead atoms. The van der Waals surface area contributed by atoms with Crippen LogP contribution in [0.4, 0.5) is 34.1 Å². The van der Waals surface area contributed by atoms with Gasteiger partial charge in [0.15, 0.2) is 11.2 Å². The summed E-state index contributed by atoms with van der Waals surface area (Å²) in [5.74, 6) is 1.93. The Morgan fingerprint density at radius 3 is 2.30 bits per heavy atom. The first-order valence-corrected chi connectivity index (χ1v) is 23.0. The van der Waals surface area contributed by atoms with Crippen LogP contribution in [-0.4, -0.2) is 12.8 Å². The Morgan fingerprint density at radius 1 is 0.698 bits per heavy atom. The Morgan fingerprint density at radius 2 is 1.46 bits per heavy atom. The molecular formula is C57H46BN3O2. The highest BCUT2D eigenvalue weighted by molar-refractivity contribution is 6.97. The fourth-order valence-electron chi connectivity index (χ4n) is 12.4. The van der Waals surface area contributed by atoms with Gasteiger partial charge in [-0.3, -0.25) is 0 Å². The number of hydrogen-bond acceptors (Lipinski definition) is 5. The Bertz CT molecular complexity index is 3340. The minimum Gasteiger partial charge on any atom is -0.454 e. The quantitative estimate of drug-likeness (QED) is 0.131. The third kappa shape index (κ3) is 4.89. The molecule has 0 spiro atoms. The van der Waals surface area contributed by atoms with Gasteiger partial charge in [0.25, 0.3) is 6.71 Å². The van der Waals surface area contributed by atoms with Crippen LogP contribution in [0.15, 0.2) is 183 Å². The Balaban J connectivity index is 1.20. The molecule has 5 nitrogen and oxygen atoms in total. The van der Waals surface area contributed by atoms with E-state index in [2.05, 4.69) is 186 Å². The second-order valence-electron chi connectivity index (χ2n) is 18.6. The average molecular weight is 816 g/mol. The largest absolute Gasteiger partial charge is 0.454 e. The fourth-order valence-corrected chi connectivity index (χ4v) is 12.4. The molecule has 4 aliphatic carbocycles. The molecule has 0 saturated heterocycles. The van der Waals surface area contributed by atoms with Crippen LogP contribution in [-0.2, 0) is 6.42 Å². The molecule has 304 valence electrons. The molecule has 5 heterocycles. The van der Waals surface area contributed by atoms with Crippen LogP contribution >= 0.6 is 0 Å². The number of allylic oxidation sites excluding steroid dienone is 9. The van der Waals surface area contributed by atoms with Crippen molar-refractivity contribution < 1.29 is 8.83 Å². The minimum absolute atomic E-state index is 0.0387. The number of fused-ring (bicyclic) bond motifs is 8. The molecule has 0 amide bonds. The summed E-state index contributed by atoms with van der Waals surface area (Å²) in [5.41, 5.74) is 19.5. The highest BCUT2D eigenvalue weighted by atomic mass is 16.3. The SMILES string of the molecule is CC1C=Cc2oc3c4c5c(cc3c2C1)N(c1ccccc1)C1=C2B5c3c(cc5c(oc6ccccc65)c3N(c3ccccc3)C2C(C2=CCC=CCC2C)C=C1)N4C1=CC=CCC1. The van der Waals surface area contributed by atoms with E-state index in [9.17, 15) is 0 Å². The third-order valence-electron chi connectivity index (χ3n) is 15.1. The zero-order chi connectivity index (χ0) is 41.5. The van der Waals surface area contributed by atoms with Crippen LogP contribution in [0.3, 0.4) is 0 Å². The van der Waals surface area contributed by atoms with Crippen molar-refractivity contribution in [2.75, 3.05) is 14.7 Å². The summed E-state index contributed by atoms with van der Waals surface area (Å²) in [5, 5.41) is 3.50. The smallest absolute Gasteiger partial charge is 0.253 e. The molecule has 0 fully saturated rings. The predicted octanol–water partition coefficient (Wildman–Crippen LogP) is 13.4. The first kappa shape index (κ1) is 35.7. The second kappa shape index (κ2) is 13.3. The van der Waals surface area contributed by atoms with Crippen molar-refractivity contribution in [2.24, 2.45) is 17.8 Å². The molecule has 6 heteroatoms. The van der Waals surface area contributed by atoms with Gasteiger partial charge in [0, 0.05) is 61.8 Å². The fraction of sp³-hybridized carbons (Fsp3) is 0.193. The van der Waals surface area contributed by atoms with E-state index in [0.717, 1.165) is 65.4 Å². The van der Waals surface area contributed by atoms with Crippen LogP contribution in [0, 0.1) is 17.8 Å². The number of benzene rings is 5. The lowest BCUT2D eigenvalue weighted by Gasteiger charge is -2.55. The van der Waals surface area contributed by atoms with Crippen molar-refractivity contribution in [3.63, 3.8) is 0 Å². The molecule has 4 unspecified atom stereocenters. The minimum atomic E-state index is -0.0539. The number of para-hydroxylation sites is 3. The number of anilines is 6. The zero-order valence-electron chi connectivity index (χ0n) is 35.6. The van der Waals surface area contributed by atoms with Crippen molar-refractivity contribution >= 4 is 90.7 Å². The monoisotopic (exact) mass is 815 g/mol. The van der Waals surface area contributed by atoms with E-state index < -0.39 is 0 Å². The summed E-state index contributed by atoms with van der Waals surface area (Å²) < 4.78 is 14.5. The lowest BCUT2D eigenvalue weighted by molar-refractivity contribution is 0.533. The maximum Gasteiger partial charge on any atom is 0.253 e. The molecule has 0 radical (unpaired) electrons. The van der Waals surface area contributed by atoms with Gasteiger partial charge in [-0.25, -0.2) is 0 Å². The van der Waals surface area contributed by atoms with E-state index in [1.807, 2.05) is 0 Å². The Hall–Kier alpha value is -6.92. The predicted molar refractivity (Wildman–Crippen MR) is 262 cm³/mol. The molecular weight excluding hydrogens is 769 g/mol. The third-order valence-corrected chi connectivity index (χ3v) is 15.1. The van der Waals surface area contributed by atoms with E-state index in [-0.39, 0.29) is 18.7 Å². The van der Waals surface area contributed by atoms with Gasteiger partial charge in [-0.2, -0.15) is 0 Å². The van der Waals surface area contributed by atoms with Crippen molar-refractivity contribution in [1.82, 2.24) is 0 Å². The summed E-state index contributed by atoms with van der Waals surface area (Å²) in [6, 6.07) is 35.8. The lowest BCUT2D eigenvalue weighted by atomic mass is 9.29. The van der Waals surface area contributed by atoms with Crippen LogP contribution in [0.1, 0.15) is 50.9 Å². The highest BCUT2D eigenvalue weighted by Crippen LogP contribution is 2.57. The van der Waals surface area contributed by atoms with Gasteiger partial charge in [-0.1, -0.05) is 117 Å². The van der Waals surface area contributed by atoms with Gasteiger partial charge in [0.2, 0.25) is 0 Å². The van der Waals surface area contributed by atoms with Crippen LogP contribution in [0.25, 0.3) is 39.0 Å². The molecule has 7 aliphatic rings. The molecule has 0 N–H and O–H groups in total.